The van der Waals surface area contributed by atoms with Crippen LogP contribution >= 0.6 is 11.3 Å². The van der Waals surface area contributed by atoms with E-state index in [1.54, 1.807) is 10.3 Å². The van der Waals surface area contributed by atoms with Crippen LogP contribution in [0.2, 0.25) is 0 Å². The molecule has 1 saturated heterocycles. The maximum atomic E-state index is 12.4. The summed E-state index contributed by atoms with van der Waals surface area (Å²) in [5.41, 5.74) is 0.467. The molecule has 5 nitrogen and oxygen atoms in total. The summed E-state index contributed by atoms with van der Waals surface area (Å²) >= 11 is 1.50. The third-order valence-corrected chi connectivity index (χ3v) is 4.40. The van der Waals surface area contributed by atoms with Gasteiger partial charge < -0.3 is 14.7 Å². The lowest BCUT2D eigenvalue weighted by Gasteiger charge is -2.28. The molecular weight excluding hydrogens is 264 g/mol. The van der Waals surface area contributed by atoms with Crippen LogP contribution in [0.3, 0.4) is 0 Å². The molecule has 1 aliphatic rings. The SMILES string of the molecule is CCN(C(=O)c1csc(C(C)C)n1)[C@H]1COC[C@@H]1O. The summed E-state index contributed by atoms with van der Waals surface area (Å²) in [4.78, 5) is 18.5. The van der Waals surface area contributed by atoms with Crippen LogP contribution in [0, 0.1) is 0 Å². The Morgan fingerprint density at radius 1 is 1.63 bits per heavy atom. The van der Waals surface area contributed by atoms with Crippen molar-refractivity contribution in [3.63, 3.8) is 0 Å². The Kier molecular flexibility index (Phi) is 4.54. The second-order valence-electron chi connectivity index (χ2n) is 4.99. The summed E-state index contributed by atoms with van der Waals surface area (Å²) in [5.74, 6) is 0.197. The summed E-state index contributed by atoms with van der Waals surface area (Å²) < 4.78 is 5.22. The van der Waals surface area contributed by atoms with Crippen molar-refractivity contribution in [3.8, 4) is 0 Å². The van der Waals surface area contributed by atoms with E-state index in [9.17, 15) is 9.90 Å². The number of aromatic nitrogens is 1. The lowest BCUT2D eigenvalue weighted by atomic mass is 10.1. The summed E-state index contributed by atoms with van der Waals surface area (Å²) in [6, 6.07) is -0.262. The summed E-state index contributed by atoms with van der Waals surface area (Å²) in [6.45, 7) is 7.24. The minimum Gasteiger partial charge on any atom is -0.388 e. The Hall–Kier alpha value is -0.980. The van der Waals surface area contributed by atoms with Crippen molar-refractivity contribution in [1.82, 2.24) is 9.88 Å². The van der Waals surface area contributed by atoms with E-state index in [4.69, 9.17) is 4.74 Å². The Morgan fingerprint density at radius 3 is 2.84 bits per heavy atom. The van der Waals surface area contributed by atoms with Crippen LogP contribution in [-0.4, -0.2) is 52.8 Å². The normalized spacial score (nSPS) is 23.0. The molecule has 1 N–H and O–H groups in total. The van der Waals surface area contributed by atoms with Gasteiger partial charge in [0.1, 0.15) is 5.69 Å². The minimum atomic E-state index is -0.605. The Bertz CT molecular complexity index is 447. The molecule has 1 amide bonds. The largest absolute Gasteiger partial charge is 0.388 e. The third kappa shape index (κ3) is 2.96. The number of thiazole rings is 1. The molecule has 1 aromatic heterocycles. The van der Waals surface area contributed by atoms with Crippen molar-refractivity contribution >= 4 is 17.2 Å². The maximum Gasteiger partial charge on any atom is 0.273 e. The van der Waals surface area contributed by atoms with E-state index in [-0.39, 0.29) is 11.9 Å². The first-order valence-corrected chi connectivity index (χ1v) is 7.44. The molecule has 0 radical (unpaired) electrons. The molecule has 6 heteroatoms. The van der Waals surface area contributed by atoms with Gasteiger partial charge in [0.15, 0.2) is 0 Å². The van der Waals surface area contributed by atoms with E-state index in [1.165, 1.54) is 11.3 Å². The van der Waals surface area contributed by atoms with Crippen LogP contribution in [-0.2, 0) is 4.74 Å². The highest BCUT2D eigenvalue weighted by molar-refractivity contribution is 7.09. The lowest BCUT2D eigenvalue weighted by Crippen LogP contribution is -2.46. The quantitative estimate of drug-likeness (QED) is 0.910. The average Bonchev–Trinajstić information content (AvgIpc) is 3.00. The fourth-order valence-electron chi connectivity index (χ4n) is 2.16. The van der Waals surface area contributed by atoms with Crippen molar-refractivity contribution in [2.45, 2.75) is 38.8 Å². The predicted molar refractivity (Wildman–Crippen MR) is 73.5 cm³/mol. The summed E-state index contributed by atoms with van der Waals surface area (Å²) in [6.07, 6.45) is -0.605. The second kappa shape index (κ2) is 5.98. The zero-order chi connectivity index (χ0) is 14.0. The van der Waals surface area contributed by atoms with Crippen molar-refractivity contribution in [2.24, 2.45) is 0 Å². The first-order chi connectivity index (χ1) is 9.04. The number of amides is 1. The van der Waals surface area contributed by atoms with Crippen LogP contribution < -0.4 is 0 Å². The van der Waals surface area contributed by atoms with Gasteiger partial charge in [-0.25, -0.2) is 4.98 Å². The maximum absolute atomic E-state index is 12.4. The lowest BCUT2D eigenvalue weighted by molar-refractivity contribution is 0.0516. The molecule has 2 heterocycles. The number of likely N-dealkylation sites (N-methyl/N-ethyl adjacent to an activating group) is 1. The molecule has 2 rings (SSSR count). The fraction of sp³-hybridized carbons (Fsp3) is 0.692. The van der Waals surface area contributed by atoms with Gasteiger partial charge >= 0.3 is 0 Å². The predicted octanol–water partition coefficient (Wildman–Crippen LogP) is 1.49. The molecule has 1 aromatic rings. The number of rotatable bonds is 4. The topological polar surface area (TPSA) is 62.7 Å². The van der Waals surface area contributed by atoms with Gasteiger partial charge in [-0.2, -0.15) is 0 Å². The van der Waals surface area contributed by atoms with Gasteiger partial charge in [-0.1, -0.05) is 13.8 Å². The first-order valence-electron chi connectivity index (χ1n) is 6.56. The number of carbonyl (C=O) groups is 1. The van der Waals surface area contributed by atoms with Gasteiger partial charge in [-0.15, -0.1) is 11.3 Å². The zero-order valence-electron chi connectivity index (χ0n) is 11.5. The minimum absolute atomic E-state index is 0.125. The molecule has 1 fully saturated rings. The molecule has 0 aliphatic carbocycles. The molecule has 106 valence electrons. The smallest absolute Gasteiger partial charge is 0.273 e. The molecule has 0 saturated carbocycles. The standard InChI is InChI=1S/C13H20N2O3S/c1-4-15(10-5-18-6-11(10)16)13(17)9-7-19-12(14-9)8(2)3/h7-8,10-11,16H,4-6H2,1-3H3/t10-,11-/m0/s1. The van der Waals surface area contributed by atoms with E-state index in [2.05, 4.69) is 18.8 Å². The Morgan fingerprint density at radius 2 is 2.37 bits per heavy atom. The Labute approximate surface area is 117 Å². The number of hydrogen-bond acceptors (Lipinski definition) is 5. The zero-order valence-corrected chi connectivity index (χ0v) is 12.3. The second-order valence-corrected chi connectivity index (χ2v) is 5.88. The number of aliphatic hydroxyl groups is 1. The number of ether oxygens (including phenoxy) is 1. The van der Waals surface area contributed by atoms with Gasteiger partial charge in [-0.3, -0.25) is 4.79 Å². The van der Waals surface area contributed by atoms with Crippen molar-refractivity contribution < 1.29 is 14.6 Å². The monoisotopic (exact) mass is 284 g/mol. The highest BCUT2D eigenvalue weighted by atomic mass is 32.1. The fourth-order valence-corrected chi connectivity index (χ4v) is 2.97. The summed E-state index contributed by atoms with van der Waals surface area (Å²) in [7, 11) is 0. The summed E-state index contributed by atoms with van der Waals surface area (Å²) in [5, 5.41) is 12.6. The average molecular weight is 284 g/mol. The molecular formula is C13H20N2O3S. The van der Waals surface area contributed by atoms with Crippen molar-refractivity contribution in [2.75, 3.05) is 19.8 Å². The number of aliphatic hydroxyl groups excluding tert-OH is 1. The van der Waals surface area contributed by atoms with Crippen LogP contribution in [0.4, 0.5) is 0 Å². The van der Waals surface area contributed by atoms with Crippen LogP contribution in [0.15, 0.2) is 5.38 Å². The van der Waals surface area contributed by atoms with E-state index in [0.29, 0.717) is 31.4 Å². The van der Waals surface area contributed by atoms with Gasteiger partial charge in [0.25, 0.3) is 5.91 Å². The molecule has 2 atom stereocenters. The van der Waals surface area contributed by atoms with Crippen molar-refractivity contribution in [3.05, 3.63) is 16.1 Å². The van der Waals surface area contributed by atoms with E-state index in [0.717, 1.165) is 5.01 Å². The van der Waals surface area contributed by atoms with Gasteiger partial charge in [0.05, 0.1) is 30.4 Å². The van der Waals surface area contributed by atoms with E-state index in [1.807, 2.05) is 6.92 Å². The highest BCUT2D eigenvalue weighted by Gasteiger charge is 2.34. The van der Waals surface area contributed by atoms with E-state index >= 15 is 0 Å². The number of hydrogen-bond donors (Lipinski definition) is 1. The van der Waals surface area contributed by atoms with Gasteiger partial charge in [0.2, 0.25) is 0 Å². The third-order valence-electron chi connectivity index (χ3n) is 3.26. The number of carbonyl (C=O) groups excluding carboxylic acids is 1. The molecule has 0 spiro atoms. The Balaban J connectivity index is 2.15. The van der Waals surface area contributed by atoms with Crippen LogP contribution in [0.5, 0.6) is 0 Å². The first kappa shape index (κ1) is 14.4. The molecule has 0 aromatic carbocycles. The van der Waals surface area contributed by atoms with Crippen LogP contribution in [0.25, 0.3) is 0 Å². The van der Waals surface area contributed by atoms with E-state index < -0.39 is 6.10 Å². The van der Waals surface area contributed by atoms with Crippen LogP contribution in [0.1, 0.15) is 42.2 Å². The molecule has 1 aliphatic heterocycles. The number of nitrogens with zero attached hydrogens (tertiary/aromatic N) is 2. The molecule has 0 bridgehead atoms. The molecule has 19 heavy (non-hydrogen) atoms. The van der Waals surface area contributed by atoms with Gasteiger partial charge in [0, 0.05) is 17.8 Å². The highest BCUT2D eigenvalue weighted by Crippen LogP contribution is 2.22. The molecule has 0 unspecified atom stereocenters. The van der Waals surface area contributed by atoms with Crippen molar-refractivity contribution in [1.29, 1.82) is 0 Å². The van der Waals surface area contributed by atoms with Gasteiger partial charge in [-0.05, 0) is 6.92 Å².